The second-order valence-corrected chi connectivity index (χ2v) is 7.51. The summed E-state index contributed by atoms with van der Waals surface area (Å²) in [6, 6.07) is 6.19. The van der Waals surface area contributed by atoms with Gasteiger partial charge in [0.2, 0.25) is 0 Å². The van der Waals surface area contributed by atoms with Crippen LogP contribution in [0.3, 0.4) is 0 Å². The third kappa shape index (κ3) is 3.29. The van der Waals surface area contributed by atoms with Crippen LogP contribution in [-0.4, -0.2) is 19.4 Å². The van der Waals surface area contributed by atoms with Crippen molar-refractivity contribution in [2.24, 2.45) is 5.92 Å². The summed E-state index contributed by atoms with van der Waals surface area (Å²) in [5, 5.41) is 9.23. The molecule has 2 aromatic rings. The van der Waals surface area contributed by atoms with E-state index in [9.17, 15) is 5.26 Å². The number of hydrogen-bond acceptors (Lipinski definition) is 4. The lowest BCUT2D eigenvalue weighted by Gasteiger charge is -2.24. The van der Waals surface area contributed by atoms with Gasteiger partial charge in [-0.1, -0.05) is 34.0 Å². The molecular weight excluding hydrogens is 390 g/mol. The van der Waals surface area contributed by atoms with Crippen molar-refractivity contribution in [1.82, 2.24) is 14.5 Å². The van der Waals surface area contributed by atoms with Crippen LogP contribution >= 0.6 is 15.9 Å². The Morgan fingerprint density at radius 2 is 2.08 bits per heavy atom. The molecule has 6 heteroatoms. The monoisotopic (exact) mass is 405 g/mol. The fourth-order valence-electron chi connectivity index (χ4n) is 3.15. The van der Waals surface area contributed by atoms with E-state index in [1.165, 1.54) is 6.20 Å². The molecule has 2 aromatic heterocycles. The SMILES string of the molecule is N#Cc1nccnc1N1C=Cn2c(C#CC3C=CCC(Br)C3)ccc2C1. The van der Waals surface area contributed by atoms with E-state index in [-0.39, 0.29) is 0 Å². The summed E-state index contributed by atoms with van der Waals surface area (Å²) in [5.74, 6) is 7.54. The highest BCUT2D eigenvalue weighted by Crippen LogP contribution is 2.25. The molecule has 0 N–H and O–H groups in total. The van der Waals surface area contributed by atoms with Gasteiger partial charge in [0.25, 0.3) is 0 Å². The third-order valence-electron chi connectivity index (χ3n) is 4.44. The lowest BCUT2D eigenvalue weighted by molar-refractivity contribution is 0.668. The van der Waals surface area contributed by atoms with Crippen LogP contribution in [0.4, 0.5) is 5.82 Å². The number of aromatic nitrogens is 3. The molecule has 0 saturated carbocycles. The zero-order chi connectivity index (χ0) is 17.9. The normalized spacial score (nSPS) is 20.8. The fraction of sp³-hybridized carbons (Fsp3) is 0.250. The Morgan fingerprint density at radius 1 is 1.19 bits per heavy atom. The van der Waals surface area contributed by atoms with E-state index < -0.39 is 0 Å². The maximum atomic E-state index is 9.23. The maximum absolute atomic E-state index is 9.23. The Bertz CT molecular complexity index is 986. The lowest BCUT2D eigenvalue weighted by atomic mass is 9.96. The number of hydrogen-bond donors (Lipinski definition) is 0. The Morgan fingerprint density at radius 3 is 2.92 bits per heavy atom. The molecule has 0 spiro atoms. The Balaban J connectivity index is 1.57. The molecule has 128 valence electrons. The van der Waals surface area contributed by atoms with E-state index in [0.29, 0.717) is 28.8 Å². The third-order valence-corrected chi connectivity index (χ3v) is 5.19. The van der Waals surface area contributed by atoms with Crippen molar-refractivity contribution in [2.45, 2.75) is 24.2 Å². The molecule has 0 bridgehead atoms. The molecule has 0 radical (unpaired) electrons. The predicted molar refractivity (Wildman–Crippen MR) is 104 cm³/mol. The van der Waals surface area contributed by atoms with Crippen molar-refractivity contribution in [3.8, 4) is 17.9 Å². The highest BCUT2D eigenvalue weighted by Gasteiger charge is 2.18. The number of alkyl halides is 1. The van der Waals surface area contributed by atoms with Gasteiger partial charge in [-0.25, -0.2) is 9.97 Å². The van der Waals surface area contributed by atoms with Crippen LogP contribution in [0.25, 0.3) is 6.20 Å². The predicted octanol–water partition coefficient (Wildman–Crippen LogP) is 3.68. The van der Waals surface area contributed by atoms with Gasteiger partial charge in [-0.15, -0.1) is 0 Å². The van der Waals surface area contributed by atoms with Gasteiger partial charge in [0, 0.05) is 41.2 Å². The zero-order valence-electron chi connectivity index (χ0n) is 14.0. The summed E-state index contributed by atoms with van der Waals surface area (Å²) in [7, 11) is 0. The molecule has 0 fully saturated rings. The van der Waals surface area contributed by atoms with Crippen molar-refractivity contribution in [3.63, 3.8) is 0 Å². The fourth-order valence-corrected chi connectivity index (χ4v) is 3.77. The van der Waals surface area contributed by atoms with E-state index in [4.69, 9.17) is 0 Å². The first-order valence-electron chi connectivity index (χ1n) is 8.43. The molecule has 2 unspecified atom stereocenters. The van der Waals surface area contributed by atoms with Crippen LogP contribution in [0.5, 0.6) is 0 Å². The van der Waals surface area contributed by atoms with Gasteiger partial charge in [-0.2, -0.15) is 5.26 Å². The standard InChI is InChI=1S/C20H16BrN5/c21-16-3-1-2-15(12-16)4-5-17-6-7-18-14-25(10-11-26(17)18)20-19(13-22)23-8-9-24-20/h1-2,6-11,15-16H,3,12,14H2. The summed E-state index contributed by atoms with van der Waals surface area (Å²) in [4.78, 5) is 10.8. The van der Waals surface area contributed by atoms with Crippen LogP contribution < -0.4 is 4.90 Å². The van der Waals surface area contributed by atoms with E-state index in [0.717, 1.165) is 24.2 Å². The number of nitriles is 1. The van der Waals surface area contributed by atoms with Gasteiger partial charge in [-0.05, 0) is 30.9 Å². The summed E-state index contributed by atoms with van der Waals surface area (Å²) < 4.78 is 2.09. The van der Waals surface area contributed by atoms with Crippen molar-refractivity contribution in [2.75, 3.05) is 4.90 Å². The molecule has 0 saturated heterocycles. The molecule has 4 rings (SSSR count). The molecular formula is C20H16BrN5. The van der Waals surface area contributed by atoms with Gasteiger partial charge in [0.05, 0.1) is 12.2 Å². The van der Waals surface area contributed by atoms with Crippen molar-refractivity contribution < 1.29 is 0 Å². The first-order chi connectivity index (χ1) is 12.7. The average molecular weight is 406 g/mol. The summed E-state index contributed by atoms with van der Waals surface area (Å²) in [5.41, 5.74) is 2.40. The number of rotatable bonds is 1. The number of halogens is 1. The molecule has 2 atom stereocenters. The summed E-state index contributed by atoms with van der Waals surface area (Å²) >= 11 is 3.67. The highest BCUT2D eigenvalue weighted by molar-refractivity contribution is 9.09. The number of fused-ring (bicyclic) bond motifs is 1. The zero-order valence-corrected chi connectivity index (χ0v) is 15.6. The number of nitrogens with zero attached hydrogens (tertiary/aromatic N) is 5. The smallest absolute Gasteiger partial charge is 0.183 e. The molecule has 5 nitrogen and oxygen atoms in total. The van der Waals surface area contributed by atoms with E-state index >= 15 is 0 Å². The van der Waals surface area contributed by atoms with Crippen LogP contribution in [-0.2, 0) is 6.54 Å². The Hall–Kier alpha value is -2.83. The van der Waals surface area contributed by atoms with Gasteiger partial charge in [0.15, 0.2) is 11.5 Å². The maximum Gasteiger partial charge on any atom is 0.183 e. The number of anilines is 1. The number of allylic oxidation sites excluding steroid dienone is 2. The molecule has 1 aliphatic carbocycles. The minimum Gasteiger partial charge on any atom is -0.323 e. The largest absolute Gasteiger partial charge is 0.323 e. The Labute approximate surface area is 160 Å². The average Bonchev–Trinajstić information content (AvgIpc) is 3.08. The van der Waals surface area contributed by atoms with Crippen LogP contribution in [0.1, 0.15) is 29.9 Å². The van der Waals surface area contributed by atoms with Crippen LogP contribution in [0, 0.1) is 29.1 Å². The van der Waals surface area contributed by atoms with Gasteiger partial charge in [0.1, 0.15) is 6.07 Å². The van der Waals surface area contributed by atoms with Gasteiger partial charge in [-0.3, -0.25) is 0 Å². The van der Waals surface area contributed by atoms with Crippen molar-refractivity contribution in [3.05, 3.63) is 60.0 Å². The van der Waals surface area contributed by atoms with E-state index in [1.807, 2.05) is 23.4 Å². The summed E-state index contributed by atoms with van der Waals surface area (Å²) in [6.45, 7) is 0.623. The van der Waals surface area contributed by atoms with E-state index in [1.54, 1.807) is 6.20 Å². The molecule has 3 heterocycles. The molecule has 2 aliphatic rings. The molecule has 1 aliphatic heterocycles. The van der Waals surface area contributed by atoms with Crippen LogP contribution in [0.15, 0.2) is 42.9 Å². The summed E-state index contributed by atoms with van der Waals surface area (Å²) in [6.07, 6.45) is 13.5. The van der Waals surface area contributed by atoms with Gasteiger partial charge < -0.3 is 9.47 Å². The second-order valence-electron chi connectivity index (χ2n) is 6.22. The quantitative estimate of drug-likeness (QED) is 0.412. The molecule has 0 aromatic carbocycles. The topological polar surface area (TPSA) is 57.7 Å². The Kier molecular flexibility index (Phi) is 4.60. The van der Waals surface area contributed by atoms with Gasteiger partial charge >= 0.3 is 0 Å². The lowest BCUT2D eigenvalue weighted by Crippen LogP contribution is -2.23. The first-order valence-corrected chi connectivity index (χ1v) is 9.34. The van der Waals surface area contributed by atoms with E-state index in [2.05, 4.69) is 66.6 Å². The van der Waals surface area contributed by atoms with Crippen molar-refractivity contribution >= 4 is 27.9 Å². The molecule has 0 amide bonds. The van der Waals surface area contributed by atoms with Crippen LogP contribution in [0.2, 0.25) is 0 Å². The molecule has 26 heavy (non-hydrogen) atoms. The highest BCUT2D eigenvalue weighted by atomic mass is 79.9. The minimum atomic E-state index is 0.293. The second kappa shape index (κ2) is 7.19. The first kappa shape index (κ1) is 16.6. The minimum absolute atomic E-state index is 0.293. The van der Waals surface area contributed by atoms with Crippen molar-refractivity contribution in [1.29, 1.82) is 5.26 Å².